The number of ether oxygens (including phenoxy) is 1. The molecular weight excluding hydrogens is 235 g/mol. The number of hydrogen-bond donors (Lipinski definition) is 0. The standard InChI is InChI=1S/C11H12F3NO2/c1-4-17-10(16)9-7(3)15-6(2)5-8(9)11(12,13)14/h5H,4H2,1-3H3. The van der Waals surface area contributed by atoms with Gasteiger partial charge in [0.05, 0.1) is 23.4 Å². The summed E-state index contributed by atoms with van der Waals surface area (Å²) in [7, 11) is 0. The van der Waals surface area contributed by atoms with Crippen molar-refractivity contribution in [2.75, 3.05) is 6.61 Å². The third-order valence-corrected chi connectivity index (χ3v) is 2.11. The Morgan fingerprint density at radius 3 is 2.47 bits per heavy atom. The van der Waals surface area contributed by atoms with Gasteiger partial charge in [-0.05, 0) is 26.8 Å². The largest absolute Gasteiger partial charge is 0.462 e. The monoisotopic (exact) mass is 247 g/mol. The van der Waals surface area contributed by atoms with Crippen LogP contribution in [0.4, 0.5) is 13.2 Å². The molecule has 1 aromatic heterocycles. The smallest absolute Gasteiger partial charge is 0.417 e. The van der Waals surface area contributed by atoms with Gasteiger partial charge in [0.1, 0.15) is 0 Å². The molecule has 0 unspecified atom stereocenters. The molecule has 0 fully saturated rings. The van der Waals surface area contributed by atoms with E-state index >= 15 is 0 Å². The minimum Gasteiger partial charge on any atom is -0.462 e. The Kier molecular flexibility index (Phi) is 3.75. The fourth-order valence-electron chi connectivity index (χ4n) is 1.51. The average molecular weight is 247 g/mol. The van der Waals surface area contributed by atoms with E-state index < -0.39 is 23.3 Å². The average Bonchev–Trinajstić information content (AvgIpc) is 2.15. The molecule has 0 bridgehead atoms. The summed E-state index contributed by atoms with van der Waals surface area (Å²) in [5, 5.41) is 0. The number of carbonyl (C=O) groups excluding carboxylic acids is 1. The number of pyridine rings is 1. The molecule has 0 saturated heterocycles. The summed E-state index contributed by atoms with van der Waals surface area (Å²) >= 11 is 0. The summed E-state index contributed by atoms with van der Waals surface area (Å²) in [6.07, 6.45) is -4.60. The maximum absolute atomic E-state index is 12.8. The molecule has 0 N–H and O–H groups in total. The molecule has 0 amide bonds. The van der Waals surface area contributed by atoms with Crippen LogP contribution in [-0.4, -0.2) is 17.6 Å². The number of esters is 1. The Morgan fingerprint density at radius 1 is 1.41 bits per heavy atom. The normalized spacial score (nSPS) is 11.4. The van der Waals surface area contributed by atoms with Crippen molar-refractivity contribution in [2.24, 2.45) is 0 Å². The van der Waals surface area contributed by atoms with Crippen LogP contribution in [0.2, 0.25) is 0 Å². The fraction of sp³-hybridized carbons (Fsp3) is 0.455. The fourth-order valence-corrected chi connectivity index (χ4v) is 1.51. The van der Waals surface area contributed by atoms with Crippen LogP contribution in [0.3, 0.4) is 0 Å². The third-order valence-electron chi connectivity index (χ3n) is 2.11. The van der Waals surface area contributed by atoms with Gasteiger partial charge in [0.15, 0.2) is 0 Å². The van der Waals surface area contributed by atoms with Gasteiger partial charge in [0, 0.05) is 5.69 Å². The van der Waals surface area contributed by atoms with Crippen molar-refractivity contribution in [3.63, 3.8) is 0 Å². The lowest BCUT2D eigenvalue weighted by Crippen LogP contribution is -2.18. The molecule has 0 spiro atoms. The molecule has 0 aliphatic carbocycles. The van der Waals surface area contributed by atoms with E-state index in [1.165, 1.54) is 20.8 Å². The van der Waals surface area contributed by atoms with Gasteiger partial charge in [-0.25, -0.2) is 4.79 Å². The number of hydrogen-bond acceptors (Lipinski definition) is 3. The van der Waals surface area contributed by atoms with Crippen LogP contribution in [-0.2, 0) is 10.9 Å². The van der Waals surface area contributed by atoms with E-state index in [0.717, 1.165) is 6.07 Å². The van der Waals surface area contributed by atoms with Crippen LogP contribution < -0.4 is 0 Å². The zero-order chi connectivity index (χ0) is 13.2. The number of halogens is 3. The van der Waals surface area contributed by atoms with E-state index in [1.807, 2.05) is 0 Å². The minimum atomic E-state index is -4.60. The first-order valence-electron chi connectivity index (χ1n) is 5.00. The van der Waals surface area contributed by atoms with Crippen LogP contribution in [0.1, 0.15) is 34.2 Å². The summed E-state index contributed by atoms with van der Waals surface area (Å²) in [4.78, 5) is 15.3. The minimum absolute atomic E-state index is 0.0173. The second-order valence-corrected chi connectivity index (χ2v) is 3.49. The van der Waals surface area contributed by atoms with Crippen molar-refractivity contribution >= 4 is 5.97 Å². The number of aromatic nitrogens is 1. The number of carbonyl (C=O) groups is 1. The van der Waals surface area contributed by atoms with Gasteiger partial charge in [-0.3, -0.25) is 4.98 Å². The number of nitrogens with zero attached hydrogens (tertiary/aromatic N) is 1. The zero-order valence-corrected chi connectivity index (χ0v) is 9.68. The number of alkyl halides is 3. The second kappa shape index (κ2) is 4.73. The molecule has 1 heterocycles. The first kappa shape index (κ1) is 13.5. The van der Waals surface area contributed by atoms with Crippen LogP contribution in [0.15, 0.2) is 6.07 Å². The molecule has 17 heavy (non-hydrogen) atoms. The van der Waals surface area contributed by atoms with Crippen molar-refractivity contribution < 1.29 is 22.7 Å². The predicted molar refractivity (Wildman–Crippen MR) is 54.7 cm³/mol. The Bertz CT molecular complexity index is 441. The lowest BCUT2D eigenvalue weighted by atomic mass is 10.1. The van der Waals surface area contributed by atoms with Crippen molar-refractivity contribution in [1.82, 2.24) is 4.98 Å². The molecule has 0 aliphatic heterocycles. The van der Waals surface area contributed by atoms with Gasteiger partial charge in [-0.15, -0.1) is 0 Å². The molecule has 0 aromatic carbocycles. The van der Waals surface area contributed by atoms with E-state index in [4.69, 9.17) is 0 Å². The van der Waals surface area contributed by atoms with E-state index in [1.54, 1.807) is 0 Å². The summed E-state index contributed by atoms with van der Waals surface area (Å²) in [5.74, 6) is -0.996. The second-order valence-electron chi connectivity index (χ2n) is 3.49. The first-order chi connectivity index (χ1) is 7.77. The molecule has 0 atom stereocenters. The Balaban J connectivity index is 3.41. The summed E-state index contributed by atoms with van der Waals surface area (Å²) in [6, 6.07) is 0.846. The topological polar surface area (TPSA) is 39.2 Å². The highest BCUT2D eigenvalue weighted by Gasteiger charge is 2.37. The highest BCUT2D eigenvalue weighted by Crippen LogP contribution is 2.33. The molecular formula is C11H12F3NO2. The van der Waals surface area contributed by atoms with Crippen molar-refractivity contribution in [3.05, 3.63) is 28.6 Å². The highest BCUT2D eigenvalue weighted by molar-refractivity contribution is 5.92. The van der Waals surface area contributed by atoms with E-state index in [9.17, 15) is 18.0 Å². The number of aryl methyl sites for hydroxylation is 2. The van der Waals surface area contributed by atoms with E-state index in [-0.39, 0.29) is 18.0 Å². The molecule has 3 nitrogen and oxygen atoms in total. The number of rotatable bonds is 2. The van der Waals surface area contributed by atoms with E-state index in [0.29, 0.717) is 0 Å². The maximum Gasteiger partial charge on any atom is 0.417 e. The predicted octanol–water partition coefficient (Wildman–Crippen LogP) is 2.89. The van der Waals surface area contributed by atoms with Crippen LogP contribution in [0.5, 0.6) is 0 Å². The molecule has 94 valence electrons. The van der Waals surface area contributed by atoms with Crippen molar-refractivity contribution in [3.8, 4) is 0 Å². The zero-order valence-electron chi connectivity index (χ0n) is 9.68. The summed E-state index contributed by atoms with van der Waals surface area (Å²) in [6.45, 7) is 4.34. The van der Waals surface area contributed by atoms with Gasteiger partial charge in [-0.1, -0.05) is 0 Å². The molecule has 1 rings (SSSR count). The van der Waals surface area contributed by atoms with Gasteiger partial charge < -0.3 is 4.74 Å². The SMILES string of the molecule is CCOC(=O)c1c(C(F)(F)F)cc(C)nc1C. The molecule has 0 aliphatic rings. The molecule has 0 radical (unpaired) electrons. The molecule has 1 aromatic rings. The van der Waals surface area contributed by atoms with Crippen molar-refractivity contribution in [2.45, 2.75) is 26.9 Å². The maximum atomic E-state index is 12.8. The Morgan fingerprint density at radius 2 is 2.00 bits per heavy atom. The quantitative estimate of drug-likeness (QED) is 0.754. The van der Waals surface area contributed by atoms with Gasteiger partial charge >= 0.3 is 12.1 Å². The Hall–Kier alpha value is -1.59. The third kappa shape index (κ3) is 2.95. The summed E-state index contributed by atoms with van der Waals surface area (Å²) < 4.78 is 42.9. The molecule has 0 saturated carbocycles. The van der Waals surface area contributed by atoms with Gasteiger partial charge in [0.25, 0.3) is 0 Å². The Labute approximate surface area is 96.6 Å². The van der Waals surface area contributed by atoms with Crippen LogP contribution in [0, 0.1) is 13.8 Å². The lowest BCUT2D eigenvalue weighted by molar-refractivity contribution is -0.138. The summed E-state index contributed by atoms with van der Waals surface area (Å²) in [5.41, 5.74) is -1.27. The molecule has 6 heteroatoms. The van der Waals surface area contributed by atoms with E-state index in [2.05, 4.69) is 9.72 Å². The first-order valence-corrected chi connectivity index (χ1v) is 5.00. The van der Waals surface area contributed by atoms with Crippen LogP contribution >= 0.6 is 0 Å². The van der Waals surface area contributed by atoms with Crippen molar-refractivity contribution in [1.29, 1.82) is 0 Å². The van der Waals surface area contributed by atoms with Crippen LogP contribution in [0.25, 0.3) is 0 Å². The van der Waals surface area contributed by atoms with Gasteiger partial charge in [-0.2, -0.15) is 13.2 Å². The lowest BCUT2D eigenvalue weighted by Gasteiger charge is -2.14. The highest BCUT2D eigenvalue weighted by atomic mass is 19.4. The van der Waals surface area contributed by atoms with Gasteiger partial charge in [0.2, 0.25) is 0 Å².